The smallest absolute Gasteiger partial charge is 0.324 e. The third-order valence-electron chi connectivity index (χ3n) is 5.63. The zero-order valence-corrected chi connectivity index (χ0v) is 18.5. The molecule has 0 aliphatic carbocycles. The monoisotopic (exact) mass is 464 g/mol. The van der Waals surface area contributed by atoms with Crippen molar-refractivity contribution >= 4 is 51.5 Å². The van der Waals surface area contributed by atoms with Crippen LogP contribution in [0, 0.1) is 0 Å². The Morgan fingerprint density at radius 2 is 1.84 bits per heavy atom. The van der Waals surface area contributed by atoms with Gasteiger partial charge in [-0.3, -0.25) is 14.4 Å². The summed E-state index contributed by atoms with van der Waals surface area (Å²) in [6.45, 7) is 0. The van der Waals surface area contributed by atoms with E-state index in [0.717, 1.165) is 22.2 Å². The molecule has 1 atom stereocenters. The summed E-state index contributed by atoms with van der Waals surface area (Å²) < 4.78 is 1.54. The van der Waals surface area contributed by atoms with Crippen molar-refractivity contribution in [3.63, 3.8) is 0 Å². The minimum Gasteiger partial charge on any atom is -0.324 e. The van der Waals surface area contributed by atoms with E-state index in [-0.39, 0.29) is 11.6 Å². The molecule has 1 aliphatic heterocycles. The second-order valence-corrected chi connectivity index (χ2v) is 8.53. The largest absolute Gasteiger partial charge is 0.326 e. The fourth-order valence-electron chi connectivity index (χ4n) is 3.93. The molecule has 32 heavy (non-hydrogen) atoms. The summed E-state index contributed by atoms with van der Waals surface area (Å²) in [5.74, 6) is -0.224. The van der Waals surface area contributed by atoms with E-state index in [0.29, 0.717) is 33.4 Å². The lowest BCUT2D eigenvalue weighted by Gasteiger charge is -2.12. The number of fused-ring (bicyclic) bond motifs is 2. The molecule has 1 aliphatic rings. The van der Waals surface area contributed by atoms with Gasteiger partial charge < -0.3 is 10.3 Å². The Labute approximate surface area is 193 Å². The van der Waals surface area contributed by atoms with Crippen molar-refractivity contribution in [3.05, 3.63) is 97.9 Å². The molecule has 6 nitrogen and oxygen atoms in total. The highest BCUT2D eigenvalue weighted by Gasteiger charge is 2.27. The predicted molar refractivity (Wildman–Crippen MR) is 128 cm³/mol. The average molecular weight is 465 g/mol. The van der Waals surface area contributed by atoms with Crippen LogP contribution in [0.2, 0.25) is 10.0 Å². The Morgan fingerprint density at radius 1 is 1.03 bits per heavy atom. The molecule has 2 heterocycles. The first kappa shape index (κ1) is 20.5. The number of aromatic nitrogens is 2. The Hall–Kier alpha value is -3.35. The van der Waals surface area contributed by atoms with Crippen molar-refractivity contribution in [3.8, 4) is 0 Å². The Morgan fingerprint density at radius 3 is 2.66 bits per heavy atom. The number of benzodiazepines with no additional fused rings is 1. The molecule has 0 saturated carbocycles. The van der Waals surface area contributed by atoms with E-state index in [1.54, 1.807) is 35.9 Å². The topological polar surface area (TPSA) is 79.2 Å². The molecule has 5 rings (SSSR count). The Balaban J connectivity index is 1.69. The summed E-state index contributed by atoms with van der Waals surface area (Å²) in [4.78, 5) is 32.8. The molecule has 0 bridgehead atoms. The van der Waals surface area contributed by atoms with Gasteiger partial charge in [0.25, 0.3) is 0 Å². The first-order valence-corrected chi connectivity index (χ1v) is 10.8. The molecule has 1 aromatic heterocycles. The number of imidazole rings is 1. The number of carbonyl (C=O) groups is 1. The summed E-state index contributed by atoms with van der Waals surface area (Å²) in [7, 11) is 1.70. The minimum atomic E-state index is -0.693. The molecule has 4 aromatic rings. The van der Waals surface area contributed by atoms with Gasteiger partial charge >= 0.3 is 5.69 Å². The third kappa shape index (κ3) is 3.61. The van der Waals surface area contributed by atoms with Crippen LogP contribution < -0.4 is 11.0 Å². The van der Waals surface area contributed by atoms with Gasteiger partial charge in [-0.2, -0.15) is 0 Å². The first-order valence-electron chi connectivity index (χ1n) is 10.0. The molecule has 8 heteroatoms. The number of rotatable bonds is 3. The van der Waals surface area contributed by atoms with E-state index in [9.17, 15) is 9.59 Å². The van der Waals surface area contributed by atoms with Gasteiger partial charge in [0.2, 0.25) is 5.91 Å². The van der Waals surface area contributed by atoms with Crippen molar-refractivity contribution in [2.45, 2.75) is 12.5 Å². The summed E-state index contributed by atoms with van der Waals surface area (Å²) in [6.07, 6.45) is 0.349. The van der Waals surface area contributed by atoms with E-state index in [1.807, 2.05) is 36.4 Å². The summed E-state index contributed by atoms with van der Waals surface area (Å²) in [5, 5.41) is 4.10. The number of aromatic amines is 1. The van der Waals surface area contributed by atoms with Crippen LogP contribution in [-0.4, -0.2) is 27.2 Å². The number of halogens is 2. The van der Waals surface area contributed by atoms with Crippen molar-refractivity contribution in [2.24, 2.45) is 12.0 Å². The zero-order chi connectivity index (χ0) is 22.4. The number of aryl methyl sites for hydroxylation is 1. The van der Waals surface area contributed by atoms with Gasteiger partial charge in [-0.15, -0.1) is 0 Å². The van der Waals surface area contributed by atoms with Gasteiger partial charge in [-0.1, -0.05) is 47.5 Å². The van der Waals surface area contributed by atoms with Gasteiger partial charge in [0.1, 0.15) is 6.04 Å². The second-order valence-electron chi connectivity index (χ2n) is 7.69. The highest BCUT2D eigenvalue weighted by Crippen LogP contribution is 2.29. The lowest BCUT2D eigenvalue weighted by molar-refractivity contribution is -0.117. The van der Waals surface area contributed by atoms with Crippen LogP contribution in [0.15, 0.2) is 70.5 Å². The molecule has 0 fully saturated rings. The van der Waals surface area contributed by atoms with Crippen molar-refractivity contribution in [1.82, 2.24) is 9.55 Å². The minimum absolute atomic E-state index is 0.197. The Bertz CT molecular complexity index is 1470. The van der Waals surface area contributed by atoms with Gasteiger partial charge in [0, 0.05) is 34.6 Å². The summed E-state index contributed by atoms with van der Waals surface area (Å²) in [6, 6.07) is 17.6. The number of nitrogens with one attached hydrogen (secondary N) is 2. The highest BCUT2D eigenvalue weighted by molar-refractivity contribution is 6.32. The van der Waals surface area contributed by atoms with Crippen LogP contribution in [0.5, 0.6) is 0 Å². The SMILES string of the molecule is Cn1c(=O)[nH]c2ccc(C3=N[C@H](Cc4ccccc4Cl)C(=O)Nc4ccc(Cl)cc43)cc21. The van der Waals surface area contributed by atoms with Crippen LogP contribution in [0.4, 0.5) is 5.69 Å². The van der Waals surface area contributed by atoms with Crippen LogP contribution in [-0.2, 0) is 18.3 Å². The number of aliphatic imine (C=N–C) groups is 1. The number of H-pyrrole nitrogens is 1. The molecule has 160 valence electrons. The number of hydrogen-bond acceptors (Lipinski definition) is 3. The fraction of sp³-hybridized carbons (Fsp3) is 0.125. The molecule has 0 saturated heterocycles. The van der Waals surface area contributed by atoms with Gasteiger partial charge in [0.05, 0.1) is 22.4 Å². The van der Waals surface area contributed by atoms with Crippen molar-refractivity contribution in [1.29, 1.82) is 0 Å². The number of nitrogens with zero attached hydrogens (tertiary/aromatic N) is 2. The maximum absolute atomic E-state index is 13.1. The Kier molecular flexibility index (Phi) is 5.12. The summed E-state index contributed by atoms with van der Waals surface area (Å²) >= 11 is 12.6. The molecule has 0 radical (unpaired) electrons. The average Bonchev–Trinajstić information content (AvgIpc) is 2.98. The first-order chi connectivity index (χ1) is 15.4. The maximum Gasteiger partial charge on any atom is 0.326 e. The number of carbonyl (C=O) groups excluding carboxylic acids is 1. The van der Waals surface area contributed by atoms with E-state index >= 15 is 0 Å². The molecule has 0 spiro atoms. The number of anilines is 1. The molecular weight excluding hydrogens is 447 g/mol. The van der Waals surface area contributed by atoms with Crippen LogP contribution in [0.1, 0.15) is 16.7 Å². The fourth-order valence-corrected chi connectivity index (χ4v) is 4.32. The quantitative estimate of drug-likeness (QED) is 0.465. The molecule has 0 unspecified atom stereocenters. The third-order valence-corrected chi connectivity index (χ3v) is 6.24. The number of benzene rings is 3. The lowest BCUT2D eigenvalue weighted by Crippen LogP contribution is -2.27. The normalized spacial score (nSPS) is 15.8. The lowest BCUT2D eigenvalue weighted by atomic mass is 9.99. The number of hydrogen-bond donors (Lipinski definition) is 2. The van der Waals surface area contributed by atoms with Crippen molar-refractivity contribution in [2.75, 3.05) is 5.32 Å². The maximum atomic E-state index is 13.1. The van der Waals surface area contributed by atoms with Gasteiger partial charge in [0.15, 0.2) is 0 Å². The molecule has 2 N–H and O–H groups in total. The van der Waals surface area contributed by atoms with E-state index in [2.05, 4.69) is 10.3 Å². The molecule has 1 amide bonds. The van der Waals surface area contributed by atoms with E-state index in [4.69, 9.17) is 28.2 Å². The highest BCUT2D eigenvalue weighted by atomic mass is 35.5. The van der Waals surface area contributed by atoms with E-state index < -0.39 is 6.04 Å². The van der Waals surface area contributed by atoms with Crippen LogP contribution in [0.25, 0.3) is 11.0 Å². The van der Waals surface area contributed by atoms with Gasteiger partial charge in [-0.25, -0.2) is 4.79 Å². The second kappa shape index (κ2) is 7.97. The predicted octanol–water partition coefficient (Wildman–Crippen LogP) is 4.57. The van der Waals surface area contributed by atoms with Crippen LogP contribution >= 0.6 is 23.2 Å². The van der Waals surface area contributed by atoms with E-state index in [1.165, 1.54) is 0 Å². The number of amides is 1. The summed E-state index contributed by atoms with van der Waals surface area (Å²) in [5.41, 5.74) is 4.84. The zero-order valence-electron chi connectivity index (χ0n) is 17.0. The molecular formula is C24H18Cl2N4O2. The standard InChI is InChI=1S/C24H18Cl2N4O2/c1-30-21-11-14(6-8-19(21)29-24(30)32)22-16-12-15(25)7-9-18(16)28-23(31)20(27-22)10-13-4-2-3-5-17(13)26/h2-9,11-12,20H,10H2,1H3,(H,28,31)(H,29,32)/t20-/m1/s1. The van der Waals surface area contributed by atoms with Gasteiger partial charge in [-0.05, 0) is 42.0 Å². The van der Waals surface area contributed by atoms with Crippen molar-refractivity contribution < 1.29 is 4.79 Å². The van der Waals surface area contributed by atoms with Crippen LogP contribution in [0.3, 0.4) is 0 Å². The molecule has 3 aromatic carbocycles.